The Bertz CT molecular complexity index is 594. The fourth-order valence-corrected chi connectivity index (χ4v) is 1.73. The van der Waals surface area contributed by atoms with Crippen molar-refractivity contribution in [2.75, 3.05) is 6.61 Å². The van der Waals surface area contributed by atoms with Crippen molar-refractivity contribution in [2.45, 2.75) is 6.61 Å². The minimum atomic E-state index is -0.125. The molecule has 1 N–H and O–H groups in total. The van der Waals surface area contributed by atoms with Gasteiger partial charge in [0.15, 0.2) is 0 Å². The summed E-state index contributed by atoms with van der Waals surface area (Å²) in [4.78, 5) is 0. The van der Waals surface area contributed by atoms with Crippen LogP contribution in [0.4, 0.5) is 0 Å². The van der Waals surface area contributed by atoms with Crippen LogP contribution in [-0.4, -0.2) is 11.7 Å². The zero-order valence-corrected chi connectivity index (χ0v) is 11.0. The van der Waals surface area contributed by atoms with E-state index in [0.29, 0.717) is 11.6 Å². The molecule has 0 saturated heterocycles. The van der Waals surface area contributed by atoms with Crippen molar-refractivity contribution in [2.24, 2.45) is 0 Å². The second-order valence-electron chi connectivity index (χ2n) is 3.90. The van der Waals surface area contributed by atoms with Crippen LogP contribution >= 0.6 is 11.6 Å². The summed E-state index contributed by atoms with van der Waals surface area (Å²) in [6.45, 7) is 0.355. The molecule has 19 heavy (non-hydrogen) atoms. The predicted octanol–water partition coefficient (Wildman–Crippen LogP) is 3.26. The first-order chi connectivity index (χ1) is 9.28. The zero-order valence-electron chi connectivity index (χ0n) is 10.3. The summed E-state index contributed by atoms with van der Waals surface area (Å²) in [6, 6.07) is 15.0. The molecule has 2 rings (SSSR count). The van der Waals surface area contributed by atoms with Crippen LogP contribution in [0.5, 0.6) is 5.75 Å². The number of aliphatic hydroxyl groups is 1. The molecule has 0 aliphatic rings. The highest BCUT2D eigenvalue weighted by atomic mass is 35.5. The highest BCUT2D eigenvalue weighted by Gasteiger charge is 1.97. The number of rotatable bonds is 3. The Kier molecular flexibility index (Phi) is 4.85. The fourth-order valence-electron chi connectivity index (χ4n) is 1.55. The van der Waals surface area contributed by atoms with E-state index in [9.17, 15) is 0 Å². The molecule has 0 aromatic heterocycles. The first kappa shape index (κ1) is 13.5. The second-order valence-corrected chi connectivity index (χ2v) is 4.34. The van der Waals surface area contributed by atoms with Crippen LogP contribution in [0.1, 0.15) is 11.1 Å². The molecule has 0 saturated carbocycles. The van der Waals surface area contributed by atoms with Crippen molar-refractivity contribution in [3.8, 4) is 17.6 Å². The first-order valence-corrected chi connectivity index (χ1v) is 6.23. The van der Waals surface area contributed by atoms with Gasteiger partial charge in [-0.3, -0.25) is 0 Å². The average molecular weight is 273 g/mol. The van der Waals surface area contributed by atoms with Crippen molar-refractivity contribution in [3.05, 3.63) is 64.7 Å². The van der Waals surface area contributed by atoms with Gasteiger partial charge in [-0.15, -0.1) is 0 Å². The minimum absolute atomic E-state index is 0.125. The predicted molar refractivity (Wildman–Crippen MR) is 76.2 cm³/mol. The van der Waals surface area contributed by atoms with Crippen LogP contribution in [-0.2, 0) is 6.61 Å². The van der Waals surface area contributed by atoms with Gasteiger partial charge in [0, 0.05) is 10.6 Å². The Labute approximate surface area is 117 Å². The van der Waals surface area contributed by atoms with E-state index < -0.39 is 0 Å². The molecule has 96 valence electrons. The molecule has 0 fully saturated rings. The second kappa shape index (κ2) is 6.84. The van der Waals surface area contributed by atoms with Crippen LogP contribution in [0.2, 0.25) is 5.02 Å². The van der Waals surface area contributed by atoms with Crippen molar-refractivity contribution >= 4 is 11.6 Å². The van der Waals surface area contributed by atoms with Crippen LogP contribution in [0.25, 0.3) is 0 Å². The van der Waals surface area contributed by atoms with Gasteiger partial charge in [0.2, 0.25) is 0 Å². The molecule has 0 atom stereocenters. The standard InChI is InChI=1S/C16H13ClO2/c17-15-4-1-5-16(11-15)19-12-14-8-6-13(7-9-14)3-2-10-18/h1,4-9,11,18H,10,12H2. The van der Waals surface area contributed by atoms with Crippen molar-refractivity contribution in [3.63, 3.8) is 0 Å². The molecule has 0 spiro atoms. The molecule has 2 aromatic carbocycles. The van der Waals surface area contributed by atoms with E-state index in [4.69, 9.17) is 21.4 Å². The van der Waals surface area contributed by atoms with Gasteiger partial charge in [-0.25, -0.2) is 0 Å². The topological polar surface area (TPSA) is 29.5 Å². The average Bonchev–Trinajstić information content (AvgIpc) is 2.44. The van der Waals surface area contributed by atoms with Gasteiger partial charge in [-0.1, -0.05) is 41.6 Å². The third-order valence-corrected chi connectivity index (χ3v) is 2.70. The van der Waals surface area contributed by atoms with Crippen molar-refractivity contribution in [1.82, 2.24) is 0 Å². The molecule has 2 nitrogen and oxygen atoms in total. The van der Waals surface area contributed by atoms with E-state index in [1.807, 2.05) is 42.5 Å². The Hall–Kier alpha value is -1.95. The Balaban J connectivity index is 1.96. The molecule has 0 amide bonds. The maximum Gasteiger partial charge on any atom is 0.121 e. The van der Waals surface area contributed by atoms with Gasteiger partial charge in [0.05, 0.1) is 0 Å². The summed E-state index contributed by atoms with van der Waals surface area (Å²) in [6.07, 6.45) is 0. The summed E-state index contributed by atoms with van der Waals surface area (Å²) in [5.74, 6) is 6.20. The van der Waals surface area contributed by atoms with Gasteiger partial charge in [0.25, 0.3) is 0 Å². The van der Waals surface area contributed by atoms with Crippen molar-refractivity contribution < 1.29 is 9.84 Å². The number of ether oxygens (including phenoxy) is 1. The van der Waals surface area contributed by atoms with Gasteiger partial charge in [-0.05, 0) is 35.9 Å². The highest BCUT2D eigenvalue weighted by molar-refractivity contribution is 6.30. The van der Waals surface area contributed by atoms with Crippen LogP contribution in [0, 0.1) is 11.8 Å². The molecule has 0 unspecified atom stereocenters. The number of hydrogen-bond donors (Lipinski definition) is 1. The van der Waals surface area contributed by atoms with E-state index in [1.165, 1.54) is 0 Å². The van der Waals surface area contributed by atoms with E-state index >= 15 is 0 Å². The molecule has 0 aliphatic heterocycles. The fraction of sp³-hybridized carbons (Fsp3) is 0.125. The maximum absolute atomic E-state index is 8.61. The molecule has 3 heteroatoms. The third kappa shape index (κ3) is 4.33. The number of benzene rings is 2. The maximum atomic E-state index is 8.61. The SMILES string of the molecule is OCC#Cc1ccc(COc2cccc(Cl)c2)cc1. The lowest BCUT2D eigenvalue weighted by atomic mass is 10.1. The molecule has 0 aliphatic carbocycles. The molecular formula is C16H13ClO2. The van der Waals surface area contributed by atoms with E-state index in [-0.39, 0.29) is 6.61 Å². The van der Waals surface area contributed by atoms with Gasteiger partial charge >= 0.3 is 0 Å². The molecule has 0 radical (unpaired) electrons. The van der Waals surface area contributed by atoms with Gasteiger partial charge in [0.1, 0.15) is 19.0 Å². The largest absolute Gasteiger partial charge is 0.489 e. The van der Waals surface area contributed by atoms with E-state index in [1.54, 1.807) is 6.07 Å². The number of hydrogen-bond acceptors (Lipinski definition) is 2. The number of aliphatic hydroxyl groups excluding tert-OH is 1. The Morgan fingerprint density at radius 3 is 2.58 bits per heavy atom. The minimum Gasteiger partial charge on any atom is -0.489 e. The van der Waals surface area contributed by atoms with Crippen LogP contribution in [0.3, 0.4) is 0 Å². The number of halogens is 1. The van der Waals surface area contributed by atoms with Crippen LogP contribution in [0.15, 0.2) is 48.5 Å². The molecule has 2 aromatic rings. The monoisotopic (exact) mass is 272 g/mol. The molecule has 0 bridgehead atoms. The van der Waals surface area contributed by atoms with Crippen molar-refractivity contribution in [1.29, 1.82) is 0 Å². The zero-order chi connectivity index (χ0) is 13.5. The Morgan fingerprint density at radius 2 is 1.89 bits per heavy atom. The lowest BCUT2D eigenvalue weighted by Crippen LogP contribution is -1.95. The van der Waals surface area contributed by atoms with E-state index in [2.05, 4.69) is 11.8 Å². The lowest BCUT2D eigenvalue weighted by Gasteiger charge is -2.06. The molecular weight excluding hydrogens is 260 g/mol. The third-order valence-electron chi connectivity index (χ3n) is 2.47. The quantitative estimate of drug-likeness (QED) is 0.869. The van der Waals surface area contributed by atoms with E-state index in [0.717, 1.165) is 16.9 Å². The highest BCUT2D eigenvalue weighted by Crippen LogP contribution is 2.18. The summed E-state index contributed by atoms with van der Waals surface area (Å²) in [7, 11) is 0. The van der Waals surface area contributed by atoms with Crippen LogP contribution < -0.4 is 4.74 Å². The summed E-state index contributed by atoms with van der Waals surface area (Å²) in [5, 5.41) is 9.27. The molecule has 0 heterocycles. The first-order valence-electron chi connectivity index (χ1n) is 5.85. The van der Waals surface area contributed by atoms with Gasteiger partial charge < -0.3 is 9.84 Å². The summed E-state index contributed by atoms with van der Waals surface area (Å²) in [5.41, 5.74) is 1.93. The smallest absolute Gasteiger partial charge is 0.121 e. The Morgan fingerprint density at radius 1 is 1.11 bits per heavy atom. The normalized spacial score (nSPS) is 9.58. The van der Waals surface area contributed by atoms with Gasteiger partial charge in [-0.2, -0.15) is 0 Å². The summed E-state index contributed by atoms with van der Waals surface area (Å²) >= 11 is 5.88. The summed E-state index contributed by atoms with van der Waals surface area (Å²) < 4.78 is 5.63. The lowest BCUT2D eigenvalue weighted by molar-refractivity contribution is 0.306.